The molecule has 0 spiro atoms. The predicted molar refractivity (Wildman–Crippen MR) is 54.3 cm³/mol. The molecule has 1 rings (SSSR count). The van der Waals surface area contributed by atoms with E-state index in [1.165, 1.54) is 0 Å². The summed E-state index contributed by atoms with van der Waals surface area (Å²) in [6.07, 6.45) is 0. The van der Waals surface area contributed by atoms with Gasteiger partial charge in [0, 0.05) is 11.6 Å². The number of halogens is 1. The van der Waals surface area contributed by atoms with Gasteiger partial charge >= 0.3 is 0 Å². The van der Waals surface area contributed by atoms with E-state index in [-0.39, 0.29) is 0 Å². The Morgan fingerprint density at radius 3 is 2.69 bits per heavy atom. The van der Waals surface area contributed by atoms with Crippen LogP contribution >= 0.6 is 11.6 Å². The summed E-state index contributed by atoms with van der Waals surface area (Å²) in [5.74, 6) is 0. The molecule has 1 aromatic rings. The molecule has 3 nitrogen and oxygen atoms in total. The van der Waals surface area contributed by atoms with Gasteiger partial charge in [0.1, 0.15) is 5.69 Å². The number of rotatable bonds is 3. The maximum atomic E-state index is 10.4. The topological polar surface area (TPSA) is 32.7 Å². The molecule has 0 saturated carbocycles. The fourth-order valence-corrected chi connectivity index (χ4v) is 1.31. The number of benzene rings is 1. The first-order chi connectivity index (χ1) is 6.13. The maximum absolute atomic E-state index is 10.4. The van der Waals surface area contributed by atoms with Crippen LogP contribution in [0.2, 0.25) is 5.02 Å². The van der Waals surface area contributed by atoms with Crippen molar-refractivity contribution in [3.05, 3.63) is 33.7 Å². The van der Waals surface area contributed by atoms with Crippen molar-refractivity contribution in [1.82, 2.24) is 4.90 Å². The molecule has 13 heavy (non-hydrogen) atoms. The lowest BCUT2D eigenvalue weighted by Gasteiger charge is -2.10. The standard InChI is InChI=1S/C9H11ClN2O/c1-12(2)6-7-5-8(10)3-4-9(7)11-13/h3-5H,6H2,1-2H3. The first-order valence-electron chi connectivity index (χ1n) is 3.90. The maximum Gasteiger partial charge on any atom is 0.112 e. The van der Waals surface area contributed by atoms with Crippen molar-refractivity contribution in [3.63, 3.8) is 0 Å². The van der Waals surface area contributed by atoms with Crippen LogP contribution in [0.15, 0.2) is 23.4 Å². The highest BCUT2D eigenvalue weighted by Gasteiger charge is 2.04. The summed E-state index contributed by atoms with van der Waals surface area (Å²) in [5.41, 5.74) is 1.31. The lowest BCUT2D eigenvalue weighted by atomic mass is 10.2. The number of nitrogens with zero attached hydrogens (tertiary/aromatic N) is 2. The summed E-state index contributed by atoms with van der Waals surface area (Å²) in [5, 5.41) is 3.56. The highest BCUT2D eigenvalue weighted by molar-refractivity contribution is 6.30. The fourth-order valence-electron chi connectivity index (χ4n) is 1.11. The summed E-state index contributed by atoms with van der Waals surface area (Å²) in [4.78, 5) is 12.4. The van der Waals surface area contributed by atoms with Crippen molar-refractivity contribution in [3.8, 4) is 0 Å². The van der Waals surface area contributed by atoms with E-state index in [4.69, 9.17) is 11.6 Å². The molecule has 0 bridgehead atoms. The van der Waals surface area contributed by atoms with Gasteiger partial charge in [-0.1, -0.05) is 11.6 Å². The van der Waals surface area contributed by atoms with Crippen LogP contribution in [0, 0.1) is 4.91 Å². The highest BCUT2D eigenvalue weighted by Crippen LogP contribution is 2.23. The van der Waals surface area contributed by atoms with E-state index in [1.54, 1.807) is 18.2 Å². The summed E-state index contributed by atoms with van der Waals surface area (Å²) < 4.78 is 0. The Kier molecular flexibility index (Phi) is 3.39. The molecule has 0 aliphatic heterocycles. The van der Waals surface area contributed by atoms with Gasteiger partial charge in [-0.05, 0) is 43.0 Å². The second kappa shape index (κ2) is 4.35. The molecule has 0 heterocycles. The Morgan fingerprint density at radius 2 is 2.15 bits per heavy atom. The van der Waals surface area contributed by atoms with Crippen LogP contribution in [0.1, 0.15) is 5.56 Å². The molecule has 0 fully saturated rings. The van der Waals surface area contributed by atoms with Crippen LogP contribution < -0.4 is 0 Å². The molecule has 0 N–H and O–H groups in total. The van der Waals surface area contributed by atoms with Crippen molar-refractivity contribution in [2.75, 3.05) is 14.1 Å². The molecule has 4 heteroatoms. The van der Waals surface area contributed by atoms with E-state index in [0.717, 1.165) is 5.56 Å². The van der Waals surface area contributed by atoms with Gasteiger partial charge in [-0.2, -0.15) is 0 Å². The third-order valence-electron chi connectivity index (χ3n) is 1.63. The molecular formula is C9H11ClN2O. The zero-order valence-corrected chi connectivity index (χ0v) is 8.38. The number of hydrogen-bond donors (Lipinski definition) is 0. The first kappa shape index (κ1) is 10.2. The number of nitroso groups, excluding NO2 is 1. The zero-order valence-electron chi connectivity index (χ0n) is 7.62. The molecule has 70 valence electrons. The Labute approximate surface area is 82.3 Å². The van der Waals surface area contributed by atoms with E-state index >= 15 is 0 Å². The van der Waals surface area contributed by atoms with E-state index in [1.807, 2.05) is 19.0 Å². The Bertz CT molecular complexity index is 312. The van der Waals surface area contributed by atoms with Crippen molar-refractivity contribution < 1.29 is 0 Å². The fraction of sp³-hybridized carbons (Fsp3) is 0.333. The molecule has 0 aromatic heterocycles. The summed E-state index contributed by atoms with van der Waals surface area (Å²) in [7, 11) is 3.85. The summed E-state index contributed by atoms with van der Waals surface area (Å²) in [6.45, 7) is 0.668. The molecule has 0 amide bonds. The molecular weight excluding hydrogens is 188 g/mol. The predicted octanol–water partition coefficient (Wildman–Crippen LogP) is 2.80. The Hall–Kier alpha value is -0.930. The van der Waals surface area contributed by atoms with Gasteiger partial charge in [-0.25, -0.2) is 0 Å². The Morgan fingerprint density at radius 1 is 1.46 bits per heavy atom. The molecule has 0 aliphatic carbocycles. The van der Waals surface area contributed by atoms with Gasteiger partial charge in [0.15, 0.2) is 0 Å². The van der Waals surface area contributed by atoms with Crippen molar-refractivity contribution >= 4 is 17.3 Å². The zero-order chi connectivity index (χ0) is 9.84. The average Bonchev–Trinajstić information content (AvgIpc) is 2.03. The Balaban J connectivity index is 3.01. The summed E-state index contributed by atoms with van der Waals surface area (Å²) in [6, 6.07) is 5.06. The van der Waals surface area contributed by atoms with Gasteiger partial charge in [0.2, 0.25) is 0 Å². The average molecular weight is 199 g/mol. The van der Waals surface area contributed by atoms with E-state index in [2.05, 4.69) is 5.18 Å². The quantitative estimate of drug-likeness (QED) is 0.700. The van der Waals surface area contributed by atoms with E-state index in [0.29, 0.717) is 17.3 Å². The van der Waals surface area contributed by atoms with Crippen LogP contribution in [0.25, 0.3) is 0 Å². The minimum Gasteiger partial charge on any atom is -0.305 e. The molecule has 0 radical (unpaired) electrons. The molecule has 0 saturated heterocycles. The summed E-state index contributed by atoms with van der Waals surface area (Å²) >= 11 is 5.80. The largest absolute Gasteiger partial charge is 0.305 e. The molecule has 0 atom stereocenters. The SMILES string of the molecule is CN(C)Cc1cc(Cl)ccc1N=O. The molecule has 0 unspecified atom stereocenters. The van der Waals surface area contributed by atoms with Crippen LogP contribution in [0.3, 0.4) is 0 Å². The molecule has 0 aliphatic rings. The highest BCUT2D eigenvalue weighted by atomic mass is 35.5. The van der Waals surface area contributed by atoms with Crippen LogP contribution in [0.4, 0.5) is 5.69 Å². The minimum absolute atomic E-state index is 0.457. The van der Waals surface area contributed by atoms with Crippen LogP contribution in [0.5, 0.6) is 0 Å². The van der Waals surface area contributed by atoms with Gasteiger partial charge in [-0.3, -0.25) is 0 Å². The van der Waals surface area contributed by atoms with E-state index in [9.17, 15) is 4.91 Å². The van der Waals surface area contributed by atoms with Crippen molar-refractivity contribution in [2.24, 2.45) is 5.18 Å². The van der Waals surface area contributed by atoms with Gasteiger partial charge in [0.25, 0.3) is 0 Å². The first-order valence-corrected chi connectivity index (χ1v) is 4.28. The third kappa shape index (κ3) is 2.79. The smallest absolute Gasteiger partial charge is 0.112 e. The van der Waals surface area contributed by atoms with E-state index < -0.39 is 0 Å². The lowest BCUT2D eigenvalue weighted by molar-refractivity contribution is 0.403. The monoisotopic (exact) mass is 198 g/mol. The van der Waals surface area contributed by atoms with Gasteiger partial charge in [0.05, 0.1) is 0 Å². The minimum atomic E-state index is 0.457. The van der Waals surface area contributed by atoms with Gasteiger partial charge < -0.3 is 4.90 Å². The van der Waals surface area contributed by atoms with Crippen molar-refractivity contribution in [2.45, 2.75) is 6.54 Å². The second-order valence-electron chi connectivity index (χ2n) is 3.10. The van der Waals surface area contributed by atoms with Crippen LogP contribution in [-0.4, -0.2) is 19.0 Å². The lowest BCUT2D eigenvalue weighted by Crippen LogP contribution is -2.10. The molecule has 1 aromatic carbocycles. The van der Waals surface area contributed by atoms with Gasteiger partial charge in [-0.15, -0.1) is 4.91 Å². The third-order valence-corrected chi connectivity index (χ3v) is 1.86. The number of hydrogen-bond acceptors (Lipinski definition) is 3. The second-order valence-corrected chi connectivity index (χ2v) is 3.54. The van der Waals surface area contributed by atoms with Crippen molar-refractivity contribution in [1.29, 1.82) is 0 Å². The normalized spacial score (nSPS) is 10.5. The van der Waals surface area contributed by atoms with Crippen LogP contribution in [-0.2, 0) is 6.54 Å².